The van der Waals surface area contributed by atoms with E-state index in [1.54, 1.807) is 6.07 Å². The Morgan fingerprint density at radius 3 is 2.67 bits per heavy atom. The Hall–Kier alpha value is -1.23. The molecular formula is C10H6F3OS. The lowest BCUT2D eigenvalue weighted by atomic mass is 10.2. The molecule has 1 aromatic carbocycles. The molecule has 0 fully saturated rings. The summed E-state index contributed by atoms with van der Waals surface area (Å²) in [7, 11) is 0. The second-order valence-electron chi connectivity index (χ2n) is 2.96. The lowest BCUT2D eigenvalue weighted by Gasteiger charge is -2.08. The zero-order chi connectivity index (χ0) is 11.1. The van der Waals surface area contributed by atoms with Crippen molar-refractivity contribution in [2.24, 2.45) is 0 Å². The molecule has 1 aromatic heterocycles. The summed E-state index contributed by atoms with van der Waals surface area (Å²) >= 11 is 1.40. The second kappa shape index (κ2) is 3.41. The van der Waals surface area contributed by atoms with Crippen LogP contribution < -0.4 is 4.74 Å². The van der Waals surface area contributed by atoms with Crippen LogP contribution in [0.1, 0.15) is 4.88 Å². The monoisotopic (exact) mass is 231 g/mol. The highest BCUT2D eigenvalue weighted by molar-refractivity contribution is 7.11. The Morgan fingerprint density at radius 1 is 1.27 bits per heavy atom. The summed E-state index contributed by atoms with van der Waals surface area (Å²) in [5.41, 5.74) is 0. The fourth-order valence-electron chi connectivity index (χ4n) is 1.27. The van der Waals surface area contributed by atoms with E-state index < -0.39 is 6.36 Å². The molecule has 0 atom stereocenters. The smallest absolute Gasteiger partial charge is 0.406 e. The van der Waals surface area contributed by atoms with Crippen molar-refractivity contribution >= 4 is 22.1 Å². The first-order valence-corrected chi connectivity index (χ1v) is 4.92. The fourth-order valence-corrected chi connectivity index (χ4v) is 2.05. The maximum atomic E-state index is 11.9. The lowest BCUT2D eigenvalue weighted by molar-refractivity contribution is -0.274. The summed E-state index contributed by atoms with van der Waals surface area (Å²) in [4.78, 5) is 0.734. The van der Waals surface area contributed by atoms with Crippen molar-refractivity contribution in [3.8, 4) is 5.75 Å². The van der Waals surface area contributed by atoms with Gasteiger partial charge in [0.2, 0.25) is 0 Å². The average Bonchev–Trinajstić information content (AvgIpc) is 2.45. The fraction of sp³-hybridized carbons (Fsp3) is 0.100. The van der Waals surface area contributed by atoms with Crippen molar-refractivity contribution in [1.29, 1.82) is 0 Å². The molecule has 1 heterocycles. The van der Waals surface area contributed by atoms with E-state index in [2.05, 4.69) is 11.7 Å². The average molecular weight is 231 g/mol. The molecule has 0 bridgehead atoms. The van der Waals surface area contributed by atoms with Gasteiger partial charge in [0.15, 0.2) is 0 Å². The van der Waals surface area contributed by atoms with Crippen LogP contribution >= 0.6 is 11.3 Å². The normalized spacial score (nSPS) is 12.0. The van der Waals surface area contributed by atoms with Crippen LogP contribution in [0.2, 0.25) is 0 Å². The summed E-state index contributed by atoms with van der Waals surface area (Å²) in [6, 6.07) is 4.23. The highest BCUT2D eigenvalue weighted by atomic mass is 32.1. The van der Waals surface area contributed by atoms with Crippen LogP contribution in [0, 0.1) is 6.92 Å². The van der Waals surface area contributed by atoms with Crippen molar-refractivity contribution in [2.45, 2.75) is 6.36 Å². The zero-order valence-corrected chi connectivity index (χ0v) is 8.28. The third-order valence-electron chi connectivity index (χ3n) is 1.89. The van der Waals surface area contributed by atoms with Gasteiger partial charge in [0.25, 0.3) is 0 Å². The second-order valence-corrected chi connectivity index (χ2v) is 3.92. The van der Waals surface area contributed by atoms with Gasteiger partial charge in [0.05, 0.1) is 0 Å². The van der Waals surface area contributed by atoms with Crippen molar-refractivity contribution in [3.05, 3.63) is 35.4 Å². The molecule has 0 aliphatic heterocycles. The Labute approximate surface area is 88.1 Å². The molecule has 0 aliphatic carbocycles. The predicted molar refractivity (Wildman–Crippen MR) is 53.0 cm³/mol. The zero-order valence-electron chi connectivity index (χ0n) is 7.47. The number of halogens is 3. The molecule has 0 unspecified atom stereocenters. The molecule has 0 saturated heterocycles. The van der Waals surface area contributed by atoms with Crippen molar-refractivity contribution in [3.63, 3.8) is 0 Å². The lowest BCUT2D eigenvalue weighted by Crippen LogP contribution is -2.16. The van der Waals surface area contributed by atoms with Crippen LogP contribution in [0.3, 0.4) is 0 Å². The number of hydrogen-bond donors (Lipinski definition) is 0. The maximum Gasteiger partial charge on any atom is 0.573 e. The van der Waals surface area contributed by atoms with Gasteiger partial charge >= 0.3 is 6.36 Å². The molecule has 5 heteroatoms. The largest absolute Gasteiger partial charge is 0.573 e. The number of benzene rings is 1. The summed E-state index contributed by atoms with van der Waals surface area (Å²) in [5.74, 6) is -0.210. The van der Waals surface area contributed by atoms with Gasteiger partial charge < -0.3 is 4.74 Å². The van der Waals surface area contributed by atoms with Gasteiger partial charge in [-0.1, -0.05) is 0 Å². The quantitative estimate of drug-likeness (QED) is 0.721. The van der Waals surface area contributed by atoms with Crippen LogP contribution in [0.25, 0.3) is 10.8 Å². The Morgan fingerprint density at radius 2 is 2.00 bits per heavy atom. The SMILES string of the molecule is [CH2]c1scc2ccc(OC(F)(F)F)cc12. The van der Waals surface area contributed by atoms with Crippen LogP contribution in [0.15, 0.2) is 23.6 Å². The first-order valence-electron chi connectivity index (χ1n) is 4.05. The number of ether oxygens (including phenoxy) is 1. The van der Waals surface area contributed by atoms with Crippen LogP contribution in [-0.2, 0) is 0 Å². The van der Waals surface area contributed by atoms with E-state index in [4.69, 9.17) is 0 Å². The van der Waals surface area contributed by atoms with Crippen LogP contribution in [0.4, 0.5) is 13.2 Å². The Balaban J connectivity index is 2.42. The van der Waals surface area contributed by atoms with E-state index in [1.807, 2.05) is 5.38 Å². The molecule has 79 valence electrons. The minimum absolute atomic E-state index is 0.210. The summed E-state index contributed by atoms with van der Waals surface area (Å²) in [6.45, 7) is 3.73. The van der Waals surface area contributed by atoms with Gasteiger partial charge in [-0.3, -0.25) is 0 Å². The number of rotatable bonds is 1. The molecular weight excluding hydrogens is 225 g/mol. The predicted octanol–water partition coefficient (Wildman–Crippen LogP) is 3.98. The van der Waals surface area contributed by atoms with E-state index in [1.165, 1.54) is 23.5 Å². The Kier molecular flexibility index (Phi) is 2.34. The summed E-state index contributed by atoms with van der Waals surface area (Å²) < 4.78 is 39.6. The molecule has 0 N–H and O–H groups in total. The van der Waals surface area contributed by atoms with Crippen LogP contribution in [0.5, 0.6) is 5.75 Å². The van der Waals surface area contributed by atoms with E-state index >= 15 is 0 Å². The number of alkyl halides is 3. The van der Waals surface area contributed by atoms with E-state index in [9.17, 15) is 13.2 Å². The third-order valence-corrected chi connectivity index (χ3v) is 2.76. The topological polar surface area (TPSA) is 9.23 Å². The van der Waals surface area contributed by atoms with Gasteiger partial charge in [-0.2, -0.15) is 0 Å². The van der Waals surface area contributed by atoms with Gasteiger partial charge in [0, 0.05) is 4.88 Å². The summed E-state index contributed by atoms with van der Waals surface area (Å²) in [6.07, 6.45) is -4.65. The van der Waals surface area contributed by atoms with Gasteiger partial charge in [0.1, 0.15) is 5.75 Å². The van der Waals surface area contributed by atoms with Gasteiger partial charge in [-0.05, 0) is 41.3 Å². The van der Waals surface area contributed by atoms with Crippen molar-refractivity contribution in [1.82, 2.24) is 0 Å². The molecule has 0 saturated carbocycles. The highest BCUT2D eigenvalue weighted by Gasteiger charge is 2.31. The molecule has 15 heavy (non-hydrogen) atoms. The maximum absolute atomic E-state index is 11.9. The molecule has 1 radical (unpaired) electrons. The van der Waals surface area contributed by atoms with Gasteiger partial charge in [-0.25, -0.2) is 0 Å². The molecule has 0 amide bonds. The Bertz CT molecular complexity index is 487. The molecule has 2 rings (SSSR count). The van der Waals surface area contributed by atoms with E-state index in [-0.39, 0.29) is 5.75 Å². The van der Waals surface area contributed by atoms with Gasteiger partial charge in [-0.15, -0.1) is 24.5 Å². The highest BCUT2D eigenvalue weighted by Crippen LogP contribution is 2.30. The third kappa shape index (κ3) is 2.23. The minimum atomic E-state index is -4.65. The number of fused-ring (bicyclic) bond motifs is 1. The van der Waals surface area contributed by atoms with Crippen molar-refractivity contribution < 1.29 is 17.9 Å². The van der Waals surface area contributed by atoms with E-state index in [0.29, 0.717) is 5.39 Å². The van der Waals surface area contributed by atoms with E-state index in [0.717, 1.165) is 10.3 Å². The number of hydrogen-bond acceptors (Lipinski definition) is 2. The molecule has 0 spiro atoms. The summed E-state index contributed by atoms with van der Waals surface area (Å²) in [5, 5.41) is 3.41. The van der Waals surface area contributed by atoms with Crippen molar-refractivity contribution in [2.75, 3.05) is 0 Å². The molecule has 1 nitrogen and oxygen atoms in total. The molecule has 2 aromatic rings. The number of thiophene rings is 1. The first kappa shape index (κ1) is 10.3. The standard InChI is InChI=1S/C10H6F3OS/c1-6-9-4-8(14-10(11,12)13)3-2-7(9)5-15-6/h2-5H,1H2. The minimum Gasteiger partial charge on any atom is -0.406 e. The van der Waals surface area contributed by atoms with Crippen LogP contribution in [-0.4, -0.2) is 6.36 Å². The molecule has 0 aliphatic rings. The first-order chi connectivity index (χ1) is 6.96.